The summed E-state index contributed by atoms with van der Waals surface area (Å²) in [5, 5.41) is 2.73. The van der Waals surface area contributed by atoms with Crippen LogP contribution in [0, 0.1) is 0 Å². The van der Waals surface area contributed by atoms with Gasteiger partial charge in [0.15, 0.2) is 0 Å². The maximum atomic E-state index is 12.9. The SMILES string of the molecule is O=C1Nc2ccc(S(=O)(=O)N3CCOCC3)cc2C1=Nc1ccc(Br)cc1. The number of carbonyl (C=O) groups is 1. The zero-order valence-corrected chi connectivity index (χ0v) is 16.6. The number of carbonyl (C=O) groups excluding carboxylic acids is 1. The standard InChI is InChI=1S/C18H16BrN3O4S/c19-12-1-3-13(4-2-12)20-17-15-11-14(5-6-16(15)21-18(17)23)27(24,25)22-7-9-26-10-8-22/h1-6,11H,7-10H2,(H,20,21,23). The molecule has 0 atom stereocenters. The molecule has 2 aliphatic heterocycles. The van der Waals surface area contributed by atoms with Crippen LogP contribution in [0.25, 0.3) is 0 Å². The van der Waals surface area contributed by atoms with Gasteiger partial charge in [0.05, 0.1) is 29.5 Å². The molecule has 0 aliphatic carbocycles. The van der Waals surface area contributed by atoms with Crippen LogP contribution in [0.3, 0.4) is 0 Å². The first kappa shape index (κ1) is 18.3. The van der Waals surface area contributed by atoms with Gasteiger partial charge in [0.25, 0.3) is 5.91 Å². The second kappa shape index (κ2) is 7.16. The van der Waals surface area contributed by atoms with Gasteiger partial charge in [-0.05, 0) is 42.5 Å². The normalized spacial score (nSPS) is 19.1. The fourth-order valence-corrected chi connectivity index (χ4v) is 4.68. The number of nitrogens with one attached hydrogen (secondary N) is 1. The van der Waals surface area contributed by atoms with E-state index in [1.165, 1.54) is 16.4 Å². The summed E-state index contributed by atoms with van der Waals surface area (Å²) >= 11 is 3.36. The summed E-state index contributed by atoms with van der Waals surface area (Å²) in [4.78, 5) is 16.9. The van der Waals surface area contributed by atoms with Gasteiger partial charge in [-0.3, -0.25) is 4.79 Å². The Morgan fingerprint density at radius 3 is 2.48 bits per heavy atom. The second-order valence-corrected chi connectivity index (χ2v) is 8.97. The number of rotatable bonds is 3. The van der Waals surface area contributed by atoms with E-state index in [0.717, 1.165) is 4.47 Å². The summed E-state index contributed by atoms with van der Waals surface area (Å²) in [6.07, 6.45) is 0. The van der Waals surface area contributed by atoms with E-state index in [2.05, 4.69) is 26.2 Å². The number of fused-ring (bicyclic) bond motifs is 1. The van der Waals surface area contributed by atoms with Crippen molar-refractivity contribution in [1.29, 1.82) is 0 Å². The Morgan fingerprint density at radius 2 is 1.78 bits per heavy atom. The molecule has 140 valence electrons. The highest BCUT2D eigenvalue weighted by Crippen LogP contribution is 2.30. The summed E-state index contributed by atoms with van der Waals surface area (Å²) in [5.74, 6) is -0.353. The van der Waals surface area contributed by atoms with E-state index in [1.807, 2.05) is 12.1 Å². The van der Waals surface area contributed by atoms with E-state index < -0.39 is 10.0 Å². The van der Waals surface area contributed by atoms with Crippen molar-refractivity contribution < 1.29 is 17.9 Å². The lowest BCUT2D eigenvalue weighted by Crippen LogP contribution is -2.40. The van der Waals surface area contributed by atoms with E-state index >= 15 is 0 Å². The predicted octanol–water partition coefficient (Wildman–Crippen LogP) is 2.54. The van der Waals surface area contributed by atoms with Crippen molar-refractivity contribution in [3.63, 3.8) is 0 Å². The summed E-state index contributed by atoms with van der Waals surface area (Å²) in [5.41, 5.74) is 1.85. The Labute approximate surface area is 165 Å². The first-order chi connectivity index (χ1) is 12.9. The highest BCUT2D eigenvalue weighted by atomic mass is 79.9. The molecular formula is C18H16BrN3O4S. The maximum Gasteiger partial charge on any atom is 0.275 e. The van der Waals surface area contributed by atoms with Crippen LogP contribution in [-0.2, 0) is 19.6 Å². The number of anilines is 1. The quantitative estimate of drug-likeness (QED) is 0.779. The van der Waals surface area contributed by atoms with Gasteiger partial charge in [0.1, 0.15) is 5.71 Å². The zero-order chi connectivity index (χ0) is 19.0. The highest BCUT2D eigenvalue weighted by molar-refractivity contribution is 9.10. The molecule has 2 aromatic carbocycles. The van der Waals surface area contributed by atoms with Crippen molar-refractivity contribution in [1.82, 2.24) is 4.31 Å². The average Bonchev–Trinajstić information content (AvgIpc) is 2.99. The molecule has 9 heteroatoms. The van der Waals surface area contributed by atoms with Crippen LogP contribution in [0.1, 0.15) is 5.56 Å². The van der Waals surface area contributed by atoms with Gasteiger partial charge in [0, 0.05) is 23.1 Å². The zero-order valence-electron chi connectivity index (χ0n) is 14.2. The van der Waals surface area contributed by atoms with Crippen molar-refractivity contribution in [2.45, 2.75) is 4.90 Å². The lowest BCUT2D eigenvalue weighted by Gasteiger charge is -2.26. The third-order valence-electron chi connectivity index (χ3n) is 4.38. The molecule has 2 aromatic rings. The third-order valence-corrected chi connectivity index (χ3v) is 6.81. The molecule has 1 fully saturated rings. The molecule has 0 unspecified atom stereocenters. The smallest absolute Gasteiger partial charge is 0.275 e. The fourth-order valence-electron chi connectivity index (χ4n) is 2.98. The highest BCUT2D eigenvalue weighted by Gasteiger charge is 2.31. The van der Waals surface area contributed by atoms with E-state index in [9.17, 15) is 13.2 Å². The van der Waals surface area contributed by atoms with Crippen molar-refractivity contribution >= 4 is 48.9 Å². The minimum absolute atomic E-state index is 0.142. The van der Waals surface area contributed by atoms with E-state index in [1.54, 1.807) is 18.2 Å². The molecule has 0 saturated carbocycles. The first-order valence-electron chi connectivity index (χ1n) is 8.33. The number of aliphatic imine (C=N–C) groups is 1. The van der Waals surface area contributed by atoms with Crippen LogP contribution in [0.4, 0.5) is 11.4 Å². The number of ether oxygens (including phenoxy) is 1. The fraction of sp³-hybridized carbons (Fsp3) is 0.222. The van der Waals surface area contributed by atoms with Crippen LogP contribution in [0.15, 0.2) is 56.8 Å². The number of morpholine rings is 1. The van der Waals surface area contributed by atoms with E-state index in [-0.39, 0.29) is 16.5 Å². The number of benzene rings is 2. The number of hydrogen-bond donors (Lipinski definition) is 1. The summed E-state index contributed by atoms with van der Waals surface area (Å²) < 4.78 is 33.3. The molecule has 2 aliphatic rings. The van der Waals surface area contributed by atoms with Crippen molar-refractivity contribution in [2.24, 2.45) is 4.99 Å². The molecular weight excluding hydrogens is 434 g/mol. The molecule has 0 aromatic heterocycles. The Bertz CT molecular complexity index is 1030. The third kappa shape index (κ3) is 3.55. The minimum atomic E-state index is -3.65. The van der Waals surface area contributed by atoms with Gasteiger partial charge < -0.3 is 10.1 Å². The van der Waals surface area contributed by atoms with E-state index in [0.29, 0.717) is 43.2 Å². The number of halogens is 1. The number of hydrogen-bond acceptors (Lipinski definition) is 5. The van der Waals surface area contributed by atoms with Gasteiger partial charge >= 0.3 is 0 Å². The Kier molecular flexibility index (Phi) is 4.85. The molecule has 27 heavy (non-hydrogen) atoms. The molecule has 1 saturated heterocycles. The summed E-state index contributed by atoms with van der Waals surface area (Å²) in [6, 6.07) is 11.8. The van der Waals surface area contributed by atoms with Crippen LogP contribution < -0.4 is 5.32 Å². The van der Waals surface area contributed by atoms with Gasteiger partial charge in [-0.25, -0.2) is 13.4 Å². The first-order valence-corrected chi connectivity index (χ1v) is 10.6. The van der Waals surface area contributed by atoms with Crippen molar-refractivity contribution in [3.8, 4) is 0 Å². The predicted molar refractivity (Wildman–Crippen MR) is 105 cm³/mol. The largest absolute Gasteiger partial charge is 0.379 e. The van der Waals surface area contributed by atoms with Gasteiger partial charge in [-0.2, -0.15) is 4.31 Å². The molecule has 0 radical (unpaired) electrons. The topological polar surface area (TPSA) is 88.1 Å². The van der Waals surface area contributed by atoms with Crippen LogP contribution in [0.2, 0.25) is 0 Å². The van der Waals surface area contributed by atoms with Crippen LogP contribution in [-0.4, -0.2) is 50.6 Å². The molecule has 0 bridgehead atoms. The number of sulfonamides is 1. The Balaban J connectivity index is 1.73. The van der Waals surface area contributed by atoms with Gasteiger partial charge in [-0.1, -0.05) is 15.9 Å². The Hall–Kier alpha value is -2.07. The van der Waals surface area contributed by atoms with Crippen molar-refractivity contribution in [2.75, 3.05) is 31.6 Å². The van der Waals surface area contributed by atoms with Crippen LogP contribution in [0.5, 0.6) is 0 Å². The lowest BCUT2D eigenvalue weighted by molar-refractivity contribution is -0.110. The van der Waals surface area contributed by atoms with E-state index in [4.69, 9.17) is 4.74 Å². The molecule has 1 N–H and O–H groups in total. The molecule has 2 heterocycles. The molecule has 7 nitrogen and oxygen atoms in total. The summed E-state index contributed by atoms with van der Waals surface area (Å²) in [7, 11) is -3.65. The molecule has 4 rings (SSSR count). The average molecular weight is 450 g/mol. The van der Waals surface area contributed by atoms with Crippen molar-refractivity contribution in [3.05, 3.63) is 52.5 Å². The Morgan fingerprint density at radius 1 is 1.07 bits per heavy atom. The number of amides is 1. The van der Waals surface area contributed by atoms with Gasteiger partial charge in [-0.15, -0.1) is 0 Å². The second-order valence-electron chi connectivity index (χ2n) is 6.11. The maximum absolute atomic E-state index is 12.9. The monoisotopic (exact) mass is 449 g/mol. The molecule has 1 amide bonds. The molecule has 0 spiro atoms. The number of nitrogens with zero attached hydrogens (tertiary/aromatic N) is 2. The summed E-state index contributed by atoms with van der Waals surface area (Å²) in [6.45, 7) is 1.38. The lowest BCUT2D eigenvalue weighted by atomic mass is 10.1. The van der Waals surface area contributed by atoms with Crippen LogP contribution >= 0.6 is 15.9 Å². The van der Waals surface area contributed by atoms with Gasteiger partial charge in [0.2, 0.25) is 10.0 Å². The minimum Gasteiger partial charge on any atom is -0.379 e.